The molecule has 7 nitrogen and oxygen atoms in total. The molecule has 30 heavy (non-hydrogen) atoms. The summed E-state index contributed by atoms with van der Waals surface area (Å²) < 4.78 is 34.4. The van der Waals surface area contributed by atoms with E-state index in [4.69, 9.17) is 9.29 Å². The fourth-order valence-electron chi connectivity index (χ4n) is 2.45. The quantitative estimate of drug-likeness (QED) is 0.426. The normalized spacial score (nSPS) is 13.5. The Morgan fingerprint density at radius 2 is 1.40 bits per heavy atom. The lowest BCUT2D eigenvalue weighted by molar-refractivity contribution is -0.0304. The van der Waals surface area contributed by atoms with Crippen LogP contribution in [0.4, 0.5) is 0 Å². The van der Waals surface area contributed by atoms with Crippen molar-refractivity contribution in [2.45, 2.75) is 56.1 Å². The van der Waals surface area contributed by atoms with E-state index in [2.05, 4.69) is 0 Å². The van der Waals surface area contributed by atoms with E-state index in [1.165, 1.54) is 12.1 Å². The Morgan fingerprint density at radius 1 is 0.900 bits per heavy atom. The summed E-state index contributed by atoms with van der Waals surface area (Å²) in [5, 5.41) is 19.8. The number of rotatable bonds is 8. The molecule has 166 valence electrons. The summed E-state index contributed by atoms with van der Waals surface area (Å²) in [4.78, 5) is 11.7. The van der Waals surface area contributed by atoms with Gasteiger partial charge in [-0.05, 0) is 64.3 Å². The van der Waals surface area contributed by atoms with Gasteiger partial charge in [-0.2, -0.15) is 8.42 Å². The summed E-state index contributed by atoms with van der Waals surface area (Å²) in [6.07, 6.45) is 1.73. The molecule has 8 heteroatoms. The minimum Gasteiger partial charge on any atom is -0.459 e. The summed E-state index contributed by atoms with van der Waals surface area (Å²) in [7, 11) is -4.00. The van der Waals surface area contributed by atoms with E-state index in [9.17, 15) is 23.4 Å². The number of aliphatic hydroxyl groups is 2. The molecule has 0 saturated heterocycles. The highest BCUT2D eigenvalue weighted by atomic mass is 32.2. The summed E-state index contributed by atoms with van der Waals surface area (Å²) in [5.41, 5.74) is -1.34. The van der Waals surface area contributed by atoms with Crippen molar-refractivity contribution in [1.82, 2.24) is 0 Å². The molecule has 3 N–H and O–H groups in total. The van der Waals surface area contributed by atoms with Crippen molar-refractivity contribution in [2.24, 2.45) is 0 Å². The second kappa shape index (κ2) is 11.2. The lowest BCUT2D eigenvalue weighted by Gasteiger charge is -2.24. The van der Waals surface area contributed by atoms with Crippen molar-refractivity contribution in [3.63, 3.8) is 0 Å². The average Bonchev–Trinajstić information content (AvgIpc) is 2.66. The molecular formula is C22H30O7S. The van der Waals surface area contributed by atoms with Gasteiger partial charge in [0.2, 0.25) is 0 Å². The Balaban J connectivity index is 0.000000375. The second-order valence-corrected chi connectivity index (χ2v) is 9.31. The molecule has 0 bridgehead atoms. The zero-order valence-electron chi connectivity index (χ0n) is 17.5. The standard InChI is InChI=1S/C16H24O4.C6H6O3S/c1-15(2,18)10-7-11-16(3,19)12-20-14(17)13-8-5-4-6-9-13;7-10(8,9)6-4-2-1-3-5-6/h4-6,8-9,18-19H,7,10-12H2,1-3H3;1-5H,(H,7,8,9). The van der Waals surface area contributed by atoms with Crippen LogP contribution < -0.4 is 0 Å². The first-order valence-corrected chi connectivity index (χ1v) is 10.9. The van der Waals surface area contributed by atoms with Crippen molar-refractivity contribution in [3.05, 3.63) is 66.2 Å². The lowest BCUT2D eigenvalue weighted by atomic mass is 9.94. The number of hydrogen-bond donors (Lipinski definition) is 3. The van der Waals surface area contributed by atoms with Gasteiger partial charge in [0, 0.05) is 0 Å². The molecule has 0 aliphatic heterocycles. The van der Waals surface area contributed by atoms with Crippen LogP contribution in [0.15, 0.2) is 65.6 Å². The first-order chi connectivity index (χ1) is 13.8. The molecule has 1 atom stereocenters. The predicted octanol–water partition coefficient (Wildman–Crippen LogP) is 3.47. The van der Waals surface area contributed by atoms with Crippen molar-refractivity contribution < 1.29 is 32.7 Å². The minimum atomic E-state index is -4.00. The van der Waals surface area contributed by atoms with Gasteiger partial charge in [-0.1, -0.05) is 36.4 Å². The van der Waals surface area contributed by atoms with Crippen LogP contribution in [0.25, 0.3) is 0 Å². The van der Waals surface area contributed by atoms with E-state index in [0.717, 1.165) is 0 Å². The van der Waals surface area contributed by atoms with Crippen molar-refractivity contribution in [3.8, 4) is 0 Å². The SMILES string of the molecule is CC(C)(O)CCCC(C)(O)COC(=O)c1ccccc1.O=S(=O)(O)c1ccccc1. The first-order valence-electron chi connectivity index (χ1n) is 9.50. The Hall–Kier alpha value is -2.26. The van der Waals surface area contributed by atoms with Crippen LogP contribution in [0.1, 0.15) is 50.4 Å². The monoisotopic (exact) mass is 438 g/mol. The van der Waals surface area contributed by atoms with Gasteiger partial charge >= 0.3 is 5.97 Å². The highest BCUT2D eigenvalue weighted by molar-refractivity contribution is 7.85. The Morgan fingerprint density at radius 3 is 1.83 bits per heavy atom. The maximum absolute atomic E-state index is 11.8. The van der Waals surface area contributed by atoms with Gasteiger partial charge in [0.25, 0.3) is 10.1 Å². The lowest BCUT2D eigenvalue weighted by Crippen LogP contribution is -2.32. The van der Waals surface area contributed by atoms with Gasteiger partial charge in [-0.25, -0.2) is 4.79 Å². The predicted molar refractivity (Wildman–Crippen MR) is 114 cm³/mol. The molecule has 0 aliphatic rings. The van der Waals surface area contributed by atoms with E-state index in [1.54, 1.807) is 63.2 Å². The first kappa shape index (κ1) is 25.8. The smallest absolute Gasteiger partial charge is 0.338 e. The molecule has 2 aromatic rings. The summed E-state index contributed by atoms with van der Waals surface area (Å²) in [6, 6.07) is 16.1. The van der Waals surface area contributed by atoms with Gasteiger partial charge in [0.1, 0.15) is 6.61 Å². The van der Waals surface area contributed by atoms with E-state index >= 15 is 0 Å². The van der Waals surface area contributed by atoms with Crippen molar-refractivity contribution in [2.75, 3.05) is 6.61 Å². The molecule has 0 fully saturated rings. The summed E-state index contributed by atoms with van der Waals surface area (Å²) in [6.45, 7) is 5.05. The van der Waals surface area contributed by atoms with Crippen LogP contribution in [-0.2, 0) is 14.9 Å². The third-order valence-corrected chi connectivity index (χ3v) is 4.94. The molecule has 0 saturated carbocycles. The van der Waals surface area contributed by atoms with Gasteiger partial charge in [-0.3, -0.25) is 4.55 Å². The molecule has 0 aromatic heterocycles. The Labute approximate surface area is 178 Å². The van der Waals surface area contributed by atoms with Gasteiger partial charge in [0.05, 0.1) is 21.7 Å². The summed E-state index contributed by atoms with van der Waals surface area (Å²) in [5.74, 6) is -0.437. The van der Waals surface area contributed by atoms with Gasteiger partial charge < -0.3 is 14.9 Å². The van der Waals surface area contributed by atoms with Gasteiger partial charge in [-0.15, -0.1) is 0 Å². The third kappa shape index (κ3) is 11.1. The number of benzene rings is 2. The number of ether oxygens (including phenoxy) is 1. The minimum absolute atomic E-state index is 0.0490. The Bertz CT molecular complexity index is 871. The zero-order chi connectivity index (χ0) is 22.8. The Kier molecular flexibility index (Phi) is 9.64. The fraction of sp³-hybridized carbons (Fsp3) is 0.409. The highest BCUT2D eigenvalue weighted by Gasteiger charge is 2.24. The van der Waals surface area contributed by atoms with Crippen LogP contribution in [0.3, 0.4) is 0 Å². The maximum atomic E-state index is 11.8. The molecule has 0 spiro atoms. The van der Waals surface area contributed by atoms with Gasteiger partial charge in [0.15, 0.2) is 0 Å². The molecule has 0 aliphatic carbocycles. The number of carbonyl (C=O) groups excluding carboxylic acids is 1. The highest BCUT2D eigenvalue weighted by Crippen LogP contribution is 2.19. The molecule has 2 rings (SSSR count). The van der Waals surface area contributed by atoms with Crippen molar-refractivity contribution >= 4 is 16.1 Å². The maximum Gasteiger partial charge on any atom is 0.338 e. The second-order valence-electron chi connectivity index (χ2n) is 7.89. The molecule has 1 unspecified atom stereocenters. The summed E-state index contributed by atoms with van der Waals surface area (Å²) >= 11 is 0. The largest absolute Gasteiger partial charge is 0.459 e. The molecule has 2 aromatic carbocycles. The third-order valence-electron chi connectivity index (χ3n) is 4.07. The molecule has 0 radical (unpaired) electrons. The molecule has 0 heterocycles. The van der Waals surface area contributed by atoms with Crippen LogP contribution in [0, 0.1) is 0 Å². The van der Waals surface area contributed by atoms with Crippen LogP contribution in [-0.4, -0.2) is 47.0 Å². The molecule has 0 amide bonds. The molecular weight excluding hydrogens is 408 g/mol. The number of carbonyl (C=O) groups is 1. The van der Waals surface area contributed by atoms with Crippen molar-refractivity contribution in [1.29, 1.82) is 0 Å². The fourth-order valence-corrected chi connectivity index (χ4v) is 2.95. The topological polar surface area (TPSA) is 121 Å². The van der Waals surface area contributed by atoms with Crippen LogP contribution in [0.2, 0.25) is 0 Å². The van der Waals surface area contributed by atoms with Crippen LogP contribution in [0.5, 0.6) is 0 Å². The van der Waals surface area contributed by atoms with E-state index < -0.39 is 27.3 Å². The van der Waals surface area contributed by atoms with Crippen LogP contribution >= 0.6 is 0 Å². The number of hydrogen-bond acceptors (Lipinski definition) is 6. The van der Waals surface area contributed by atoms with E-state index in [1.807, 2.05) is 6.07 Å². The van der Waals surface area contributed by atoms with E-state index in [-0.39, 0.29) is 11.5 Å². The average molecular weight is 439 g/mol. The number of esters is 1. The zero-order valence-corrected chi connectivity index (χ0v) is 18.3. The van der Waals surface area contributed by atoms with E-state index in [0.29, 0.717) is 24.8 Å².